The number of amides is 1. The summed E-state index contributed by atoms with van der Waals surface area (Å²) in [7, 11) is 0. The highest BCUT2D eigenvalue weighted by Crippen LogP contribution is 2.20. The van der Waals surface area contributed by atoms with E-state index in [9.17, 15) is 9.18 Å². The minimum atomic E-state index is -0.479. The molecular weight excluding hydrogens is 277 g/mol. The molecule has 1 atom stereocenters. The van der Waals surface area contributed by atoms with Gasteiger partial charge in [0, 0.05) is 27.9 Å². The Morgan fingerprint density at radius 3 is 2.70 bits per heavy atom. The van der Waals surface area contributed by atoms with Crippen molar-refractivity contribution < 1.29 is 9.18 Å². The van der Waals surface area contributed by atoms with E-state index in [2.05, 4.69) is 10.3 Å². The van der Waals surface area contributed by atoms with Gasteiger partial charge in [-0.15, -0.1) is 11.3 Å². The van der Waals surface area contributed by atoms with Crippen LogP contribution in [0.3, 0.4) is 0 Å². The Morgan fingerprint density at radius 1 is 1.45 bits per heavy atom. The molecule has 0 radical (unpaired) electrons. The molecule has 1 heterocycles. The van der Waals surface area contributed by atoms with Gasteiger partial charge >= 0.3 is 0 Å². The topological polar surface area (TPSA) is 68.0 Å². The Morgan fingerprint density at radius 2 is 2.15 bits per heavy atom. The first-order chi connectivity index (χ1) is 9.38. The summed E-state index contributed by atoms with van der Waals surface area (Å²) in [5, 5.41) is 5.52. The number of anilines is 1. The number of nitrogen functional groups attached to an aromatic ring is 1. The van der Waals surface area contributed by atoms with Crippen LogP contribution in [-0.2, 0) is 0 Å². The van der Waals surface area contributed by atoms with Gasteiger partial charge in [-0.2, -0.15) is 0 Å². The fourth-order valence-electron chi connectivity index (χ4n) is 1.74. The monoisotopic (exact) mass is 293 g/mol. The number of carbonyl (C=O) groups excluding carboxylic acids is 1. The maximum absolute atomic E-state index is 13.6. The predicted octanol–water partition coefficient (Wildman–Crippen LogP) is 2.97. The highest BCUT2D eigenvalue weighted by Gasteiger charge is 2.16. The van der Waals surface area contributed by atoms with E-state index >= 15 is 0 Å². The molecule has 0 bridgehead atoms. The van der Waals surface area contributed by atoms with Gasteiger partial charge in [-0.05, 0) is 32.9 Å². The zero-order valence-corrected chi connectivity index (χ0v) is 12.3. The number of nitrogens with two attached hydrogens (primary N) is 1. The number of hydrogen-bond donors (Lipinski definition) is 2. The van der Waals surface area contributed by atoms with Crippen molar-refractivity contribution in [2.24, 2.45) is 0 Å². The van der Waals surface area contributed by atoms with Gasteiger partial charge < -0.3 is 11.1 Å². The molecule has 0 aliphatic rings. The molecule has 0 aliphatic heterocycles. The highest BCUT2D eigenvalue weighted by atomic mass is 32.1. The van der Waals surface area contributed by atoms with Gasteiger partial charge in [0.1, 0.15) is 10.8 Å². The van der Waals surface area contributed by atoms with Crippen molar-refractivity contribution in [1.82, 2.24) is 10.3 Å². The van der Waals surface area contributed by atoms with Crippen LogP contribution in [0.2, 0.25) is 0 Å². The molecule has 0 saturated carbocycles. The van der Waals surface area contributed by atoms with Gasteiger partial charge in [0.25, 0.3) is 5.91 Å². The second-order valence-corrected chi connectivity index (χ2v) is 5.58. The Hall–Kier alpha value is -1.95. The number of aryl methyl sites for hydroxylation is 1. The molecule has 4 nitrogen and oxygen atoms in total. The van der Waals surface area contributed by atoms with Gasteiger partial charge in [0.15, 0.2) is 0 Å². The molecule has 0 fully saturated rings. The Balaban J connectivity index is 2.16. The summed E-state index contributed by atoms with van der Waals surface area (Å²) in [6.45, 7) is 5.31. The molecule has 20 heavy (non-hydrogen) atoms. The van der Waals surface area contributed by atoms with Gasteiger partial charge in [-0.1, -0.05) is 0 Å². The quantitative estimate of drug-likeness (QED) is 0.855. The van der Waals surface area contributed by atoms with Crippen LogP contribution in [0, 0.1) is 19.7 Å². The third-order valence-corrected chi connectivity index (χ3v) is 4.15. The predicted molar refractivity (Wildman–Crippen MR) is 78.3 cm³/mol. The molecule has 6 heteroatoms. The SMILES string of the molecule is Cc1csc(C(C)NC(=O)c2cc(N)c(C)c(F)c2)n1. The number of aromatic nitrogens is 1. The molecule has 0 aliphatic carbocycles. The van der Waals surface area contributed by atoms with Crippen molar-refractivity contribution in [2.45, 2.75) is 26.8 Å². The number of nitrogens with zero attached hydrogens (tertiary/aromatic N) is 1. The van der Waals surface area contributed by atoms with E-state index < -0.39 is 5.82 Å². The number of halogens is 1. The van der Waals surface area contributed by atoms with E-state index in [1.54, 1.807) is 6.92 Å². The number of rotatable bonds is 3. The van der Waals surface area contributed by atoms with E-state index in [1.165, 1.54) is 23.5 Å². The fraction of sp³-hybridized carbons (Fsp3) is 0.286. The average Bonchev–Trinajstić information content (AvgIpc) is 2.82. The van der Waals surface area contributed by atoms with Crippen LogP contribution in [0.25, 0.3) is 0 Å². The molecule has 2 rings (SSSR count). The number of hydrogen-bond acceptors (Lipinski definition) is 4. The second kappa shape index (κ2) is 5.58. The van der Waals surface area contributed by atoms with Crippen molar-refractivity contribution in [3.05, 3.63) is 45.2 Å². The standard InChI is InChI=1S/C14H16FN3OS/c1-7-6-20-14(17-7)9(3)18-13(19)10-4-11(15)8(2)12(16)5-10/h4-6,9H,16H2,1-3H3,(H,18,19). The van der Waals surface area contributed by atoms with Gasteiger partial charge in [0.2, 0.25) is 0 Å². The smallest absolute Gasteiger partial charge is 0.252 e. The number of carbonyl (C=O) groups is 1. The summed E-state index contributed by atoms with van der Waals surface area (Å²) < 4.78 is 13.6. The normalized spacial score (nSPS) is 12.2. The van der Waals surface area contributed by atoms with Crippen LogP contribution in [-0.4, -0.2) is 10.9 Å². The van der Waals surface area contributed by atoms with Gasteiger partial charge in [-0.3, -0.25) is 4.79 Å². The maximum Gasteiger partial charge on any atom is 0.252 e. The summed E-state index contributed by atoms with van der Waals surface area (Å²) in [5.41, 5.74) is 7.42. The van der Waals surface area contributed by atoms with E-state index in [1.807, 2.05) is 19.2 Å². The minimum absolute atomic E-state index is 0.214. The molecule has 1 aromatic carbocycles. The summed E-state index contributed by atoms with van der Waals surface area (Å²) in [4.78, 5) is 16.4. The fourth-order valence-corrected chi connectivity index (χ4v) is 2.55. The van der Waals surface area contributed by atoms with Crippen molar-refractivity contribution >= 4 is 22.9 Å². The molecule has 2 aromatic rings. The van der Waals surface area contributed by atoms with Crippen LogP contribution in [0.1, 0.15) is 39.6 Å². The lowest BCUT2D eigenvalue weighted by molar-refractivity contribution is 0.0939. The summed E-state index contributed by atoms with van der Waals surface area (Å²) in [6, 6.07) is 2.45. The Labute approximate surface area is 120 Å². The highest BCUT2D eigenvalue weighted by molar-refractivity contribution is 7.09. The van der Waals surface area contributed by atoms with Crippen LogP contribution >= 0.6 is 11.3 Å². The van der Waals surface area contributed by atoms with Crippen LogP contribution in [0.4, 0.5) is 10.1 Å². The van der Waals surface area contributed by atoms with Crippen molar-refractivity contribution in [3.63, 3.8) is 0 Å². The third-order valence-electron chi connectivity index (χ3n) is 3.00. The van der Waals surface area contributed by atoms with Crippen LogP contribution < -0.4 is 11.1 Å². The molecule has 3 N–H and O–H groups in total. The number of nitrogens with one attached hydrogen (secondary N) is 1. The van der Waals surface area contributed by atoms with E-state index in [-0.39, 0.29) is 23.2 Å². The minimum Gasteiger partial charge on any atom is -0.398 e. The first-order valence-electron chi connectivity index (χ1n) is 6.17. The molecule has 0 spiro atoms. The largest absolute Gasteiger partial charge is 0.398 e. The third kappa shape index (κ3) is 2.96. The lowest BCUT2D eigenvalue weighted by Crippen LogP contribution is -2.26. The van der Waals surface area contributed by atoms with E-state index in [4.69, 9.17) is 5.73 Å². The Bertz CT molecular complexity index is 631. The summed E-state index contributed by atoms with van der Waals surface area (Å²) >= 11 is 1.48. The first kappa shape index (κ1) is 14.5. The first-order valence-corrected chi connectivity index (χ1v) is 7.05. The average molecular weight is 293 g/mol. The molecule has 1 amide bonds. The zero-order valence-electron chi connectivity index (χ0n) is 11.5. The second-order valence-electron chi connectivity index (χ2n) is 4.69. The molecule has 1 aromatic heterocycles. The number of thiazole rings is 1. The van der Waals surface area contributed by atoms with Crippen molar-refractivity contribution in [3.8, 4) is 0 Å². The van der Waals surface area contributed by atoms with Gasteiger partial charge in [0.05, 0.1) is 6.04 Å². The molecule has 106 valence electrons. The van der Waals surface area contributed by atoms with Crippen LogP contribution in [0.5, 0.6) is 0 Å². The van der Waals surface area contributed by atoms with Gasteiger partial charge in [-0.25, -0.2) is 9.37 Å². The molecular formula is C14H16FN3OS. The van der Waals surface area contributed by atoms with Crippen molar-refractivity contribution in [1.29, 1.82) is 0 Å². The van der Waals surface area contributed by atoms with E-state index in [0.29, 0.717) is 5.56 Å². The number of benzene rings is 1. The molecule has 1 unspecified atom stereocenters. The Kier molecular flexibility index (Phi) is 4.04. The molecule has 0 saturated heterocycles. The summed E-state index contributed by atoms with van der Waals surface area (Å²) in [6.07, 6.45) is 0. The van der Waals surface area contributed by atoms with Crippen molar-refractivity contribution in [2.75, 3.05) is 5.73 Å². The lowest BCUT2D eigenvalue weighted by atomic mass is 10.1. The lowest BCUT2D eigenvalue weighted by Gasteiger charge is -2.12. The van der Waals surface area contributed by atoms with E-state index in [0.717, 1.165) is 10.7 Å². The maximum atomic E-state index is 13.6. The van der Waals surface area contributed by atoms with Crippen LogP contribution in [0.15, 0.2) is 17.5 Å². The zero-order chi connectivity index (χ0) is 14.9. The summed E-state index contributed by atoms with van der Waals surface area (Å²) in [5.74, 6) is -0.844.